The van der Waals surface area contributed by atoms with Crippen LogP contribution in [0.1, 0.15) is 28.5 Å². The zero-order valence-corrected chi connectivity index (χ0v) is 16.5. The minimum absolute atomic E-state index is 0.328. The van der Waals surface area contributed by atoms with Crippen LogP contribution in [-0.4, -0.2) is 27.5 Å². The number of aromatic nitrogens is 3. The van der Waals surface area contributed by atoms with E-state index in [4.69, 9.17) is 9.72 Å². The Morgan fingerprint density at radius 2 is 1.71 bits per heavy atom. The molecule has 0 aliphatic heterocycles. The average molecular weight is 389 g/mol. The molecule has 0 fully saturated rings. The number of esters is 1. The van der Waals surface area contributed by atoms with Gasteiger partial charge in [-0.25, -0.2) is 14.8 Å². The maximum Gasteiger partial charge on any atom is 0.340 e. The highest BCUT2D eigenvalue weighted by atomic mass is 32.2. The summed E-state index contributed by atoms with van der Waals surface area (Å²) < 4.78 is 5.31. The summed E-state index contributed by atoms with van der Waals surface area (Å²) in [4.78, 5) is 26.2. The minimum atomic E-state index is -0.332. The van der Waals surface area contributed by atoms with E-state index in [0.29, 0.717) is 23.6 Å². The highest BCUT2D eigenvalue weighted by Gasteiger charge is 2.20. The van der Waals surface area contributed by atoms with Gasteiger partial charge in [0.1, 0.15) is 11.4 Å². The summed E-state index contributed by atoms with van der Waals surface area (Å²) in [5.41, 5.74) is 3.92. The van der Waals surface area contributed by atoms with Crippen LogP contribution in [0.25, 0.3) is 21.8 Å². The number of benzene rings is 2. The SMILES string of the molecule is CCOC(=O)c1c(CSc2ncnc3ccccc23)nc2ccccc2c1C. The lowest BCUT2D eigenvalue weighted by molar-refractivity contribution is 0.0524. The molecular formula is C22H19N3O2S. The summed E-state index contributed by atoms with van der Waals surface area (Å²) >= 11 is 1.55. The number of pyridine rings is 1. The first-order chi connectivity index (χ1) is 13.7. The van der Waals surface area contributed by atoms with Crippen LogP contribution in [-0.2, 0) is 10.5 Å². The molecule has 2 aromatic heterocycles. The second kappa shape index (κ2) is 7.94. The van der Waals surface area contributed by atoms with Crippen molar-refractivity contribution in [2.75, 3.05) is 6.61 Å². The van der Waals surface area contributed by atoms with Crippen molar-refractivity contribution < 1.29 is 9.53 Å². The van der Waals surface area contributed by atoms with Gasteiger partial charge in [0.15, 0.2) is 0 Å². The predicted molar refractivity (Wildman–Crippen MR) is 112 cm³/mol. The molecule has 0 bridgehead atoms. The fourth-order valence-corrected chi connectivity index (χ4v) is 4.18. The number of carbonyl (C=O) groups is 1. The molecule has 4 rings (SSSR count). The van der Waals surface area contributed by atoms with Gasteiger partial charge in [0.2, 0.25) is 0 Å². The molecule has 4 aromatic rings. The summed E-state index contributed by atoms with van der Waals surface area (Å²) in [5.74, 6) is 0.183. The van der Waals surface area contributed by atoms with Crippen molar-refractivity contribution in [3.8, 4) is 0 Å². The van der Waals surface area contributed by atoms with Crippen LogP contribution in [0.2, 0.25) is 0 Å². The lowest BCUT2D eigenvalue weighted by atomic mass is 10.0. The van der Waals surface area contributed by atoms with Gasteiger partial charge in [-0.15, -0.1) is 0 Å². The first-order valence-corrected chi connectivity index (χ1v) is 10.1. The normalized spacial score (nSPS) is 11.1. The summed E-state index contributed by atoms with van der Waals surface area (Å²) in [7, 11) is 0. The molecule has 2 heterocycles. The molecule has 0 radical (unpaired) electrons. The number of hydrogen-bond acceptors (Lipinski definition) is 6. The van der Waals surface area contributed by atoms with E-state index in [2.05, 4.69) is 9.97 Å². The Bertz CT molecular complexity index is 1170. The molecule has 5 nitrogen and oxygen atoms in total. The highest BCUT2D eigenvalue weighted by Crippen LogP contribution is 2.31. The molecular weight excluding hydrogens is 370 g/mol. The van der Waals surface area contributed by atoms with Gasteiger partial charge >= 0.3 is 5.97 Å². The van der Waals surface area contributed by atoms with Crippen LogP contribution in [0.15, 0.2) is 59.9 Å². The molecule has 6 heteroatoms. The summed E-state index contributed by atoms with van der Waals surface area (Å²) in [6.07, 6.45) is 1.57. The van der Waals surface area contributed by atoms with Crippen LogP contribution in [0, 0.1) is 6.92 Å². The van der Waals surface area contributed by atoms with Crippen LogP contribution < -0.4 is 0 Å². The molecule has 0 aliphatic carbocycles. The molecule has 28 heavy (non-hydrogen) atoms. The molecule has 0 spiro atoms. The van der Waals surface area contributed by atoms with E-state index in [-0.39, 0.29) is 5.97 Å². The standard InChI is InChI=1S/C22H19N3O2S/c1-3-27-22(26)20-14(2)15-8-4-7-11-18(15)25-19(20)12-28-21-16-9-5-6-10-17(16)23-13-24-21/h4-11,13H,3,12H2,1-2H3. The first kappa shape index (κ1) is 18.4. The predicted octanol–water partition coefficient (Wildman–Crippen LogP) is 4.96. The smallest absolute Gasteiger partial charge is 0.340 e. The Balaban J connectivity index is 1.76. The van der Waals surface area contributed by atoms with E-state index < -0.39 is 0 Å². The van der Waals surface area contributed by atoms with E-state index in [9.17, 15) is 4.79 Å². The zero-order chi connectivity index (χ0) is 19.5. The number of rotatable bonds is 5. The van der Waals surface area contributed by atoms with E-state index >= 15 is 0 Å². The Hall–Kier alpha value is -2.99. The van der Waals surface area contributed by atoms with Crippen LogP contribution >= 0.6 is 11.8 Å². The van der Waals surface area contributed by atoms with Gasteiger partial charge in [0, 0.05) is 16.5 Å². The summed E-state index contributed by atoms with van der Waals surface area (Å²) in [5, 5.41) is 2.82. The highest BCUT2D eigenvalue weighted by molar-refractivity contribution is 7.98. The maximum atomic E-state index is 12.7. The molecule has 0 aliphatic rings. The summed E-state index contributed by atoms with van der Waals surface area (Å²) in [6, 6.07) is 15.7. The zero-order valence-electron chi connectivity index (χ0n) is 15.7. The molecule has 0 saturated heterocycles. The molecule has 0 unspecified atom stereocenters. The van der Waals surface area contributed by atoms with Crippen molar-refractivity contribution in [1.82, 2.24) is 15.0 Å². The number of ether oxygens (including phenoxy) is 1. The fourth-order valence-electron chi connectivity index (χ4n) is 3.25. The van der Waals surface area contributed by atoms with Gasteiger partial charge in [-0.05, 0) is 31.5 Å². The van der Waals surface area contributed by atoms with E-state index in [0.717, 1.165) is 32.4 Å². The maximum absolute atomic E-state index is 12.7. The number of carbonyl (C=O) groups excluding carboxylic acids is 1. The van der Waals surface area contributed by atoms with Crippen molar-refractivity contribution in [3.05, 3.63) is 71.7 Å². The van der Waals surface area contributed by atoms with Crippen molar-refractivity contribution in [1.29, 1.82) is 0 Å². The molecule has 0 atom stereocenters. The number of nitrogens with zero attached hydrogens (tertiary/aromatic N) is 3. The molecule has 140 valence electrons. The largest absolute Gasteiger partial charge is 0.462 e. The fraction of sp³-hybridized carbons (Fsp3) is 0.182. The first-order valence-electron chi connectivity index (χ1n) is 9.07. The van der Waals surface area contributed by atoms with Gasteiger partial charge in [0.05, 0.1) is 28.9 Å². The number of fused-ring (bicyclic) bond motifs is 2. The van der Waals surface area contributed by atoms with E-state index in [1.807, 2.05) is 62.4 Å². The number of para-hydroxylation sites is 2. The van der Waals surface area contributed by atoms with Gasteiger partial charge in [0.25, 0.3) is 0 Å². The quantitative estimate of drug-likeness (QED) is 0.273. The minimum Gasteiger partial charge on any atom is -0.462 e. The van der Waals surface area contributed by atoms with Crippen LogP contribution in [0.3, 0.4) is 0 Å². The van der Waals surface area contributed by atoms with Crippen LogP contribution in [0.5, 0.6) is 0 Å². The third-order valence-electron chi connectivity index (χ3n) is 4.56. The van der Waals surface area contributed by atoms with Crippen LogP contribution in [0.4, 0.5) is 0 Å². The topological polar surface area (TPSA) is 65.0 Å². The number of aryl methyl sites for hydroxylation is 1. The third-order valence-corrected chi connectivity index (χ3v) is 5.58. The molecule has 0 amide bonds. The van der Waals surface area contributed by atoms with Crippen molar-refractivity contribution in [2.24, 2.45) is 0 Å². The van der Waals surface area contributed by atoms with Crippen molar-refractivity contribution in [2.45, 2.75) is 24.6 Å². The van der Waals surface area contributed by atoms with Gasteiger partial charge in [-0.3, -0.25) is 4.98 Å². The lowest BCUT2D eigenvalue weighted by Gasteiger charge is -2.14. The second-order valence-electron chi connectivity index (χ2n) is 6.28. The Morgan fingerprint density at radius 3 is 2.50 bits per heavy atom. The van der Waals surface area contributed by atoms with Crippen molar-refractivity contribution >= 4 is 39.5 Å². The third kappa shape index (κ3) is 3.43. The van der Waals surface area contributed by atoms with Crippen molar-refractivity contribution in [3.63, 3.8) is 0 Å². The number of thioether (sulfide) groups is 1. The molecule has 2 aromatic carbocycles. The summed E-state index contributed by atoms with van der Waals surface area (Å²) in [6.45, 7) is 4.09. The number of hydrogen-bond donors (Lipinski definition) is 0. The van der Waals surface area contributed by atoms with E-state index in [1.54, 1.807) is 18.1 Å². The van der Waals surface area contributed by atoms with Gasteiger partial charge in [-0.2, -0.15) is 0 Å². The molecule has 0 saturated carbocycles. The average Bonchev–Trinajstić information content (AvgIpc) is 2.72. The second-order valence-corrected chi connectivity index (χ2v) is 7.24. The monoisotopic (exact) mass is 389 g/mol. The Labute approximate surface area is 167 Å². The van der Waals surface area contributed by atoms with E-state index in [1.165, 1.54) is 0 Å². The Kier molecular flexibility index (Phi) is 5.21. The lowest BCUT2D eigenvalue weighted by Crippen LogP contribution is -2.12. The van der Waals surface area contributed by atoms with Gasteiger partial charge < -0.3 is 4.74 Å². The van der Waals surface area contributed by atoms with Gasteiger partial charge in [-0.1, -0.05) is 48.2 Å². The Morgan fingerprint density at radius 1 is 1.00 bits per heavy atom. The molecule has 0 N–H and O–H groups in total.